The van der Waals surface area contributed by atoms with Gasteiger partial charge in [-0.15, -0.1) is 12.4 Å². The number of amides is 1. The van der Waals surface area contributed by atoms with Crippen molar-refractivity contribution in [1.29, 1.82) is 0 Å². The van der Waals surface area contributed by atoms with Gasteiger partial charge in [0.2, 0.25) is 0 Å². The number of nitrogens with two attached hydrogens (primary N) is 1. The van der Waals surface area contributed by atoms with Crippen molar-refractivity contribution in [3.05, 3.63) is 35.4 Å². The van der Waals surface area contributed by atoms with E-state index in [4.69, 9.17) is 5.73 Å². The quantitative estimate of drug-likeness (QED) is 0.848. The van der Waals surface area contributed by atoms with Crippen molar-refractivity contribution in [3.63, 3.8) is 0 Å². The summed E-state index contributed by atoms with van der Waals surface area (Å²) >= 11 is 0. The van der Waals surface area contributed by atoms with Crippen molar-refractivity contribution >= 4 is 24.1 Å². The summed E-state index contributed by atoms with van der Waals surface area (Å²) in [5, 5.41) is 0. The van der Waals surface area contributed by atoms with E-state index in [0.717, 1.165) is 0 Å². The second-order valence-electron chi connectivity index (χ2n) is 4.13. The van der Waals surface area contributed by atoms with Gasteiger partial charge in [-0.1, -0.05) is 12.1 Å². The zero-order valence-electron chi connectivity index (χ0n) is 10.8. The zero-order valence-corrected chi connectivity index (χ0v) is 11.7. The third kappa shape index (κ3) is 3.82. The van der Waals surface area contributed by atoms with Gasteiger partial charge in [0.25, 0.3) is 5.91 Å². The first kappa shape index (κ1) is 16.6. The number of benzene rings is 1. The Labute approximate surface area is 114 Å². The van der Waals surface area contributed by atoms with Gasteiger partial charge < -0.3 is 10.6 Å². The van der Waals surface area contributed by atoms with E-state index in [1.807, 2.05) is 6.92 Å². The Kier molecular flexibility index (Phi) is 6.58. The Morgan fingerprint density at radius 2 is 1.67 bits per heavy atom. The topological polar surface area (TPSA) is 63.4 Å². The summed E-state index contributed by atoms with van der Waals surface area (Å²) in [6.45, 7) is 3.81. The van der Waals surface area contributed by atoms with E-state index < -0.39 is 0 Å². The summed E-state index contributed by atoms with van der Waals surface area (Å²) in [4.78, 5) is 24.7. The Morgan fingerprint density at radius 3 is 2.06 bits per heavy atom. The number of carbonyl (C=O) groups excluding carboxylic acids is 2. The monoisotopic (exact) mass is 270 g/mol. The minimum absolute atomic E-state index is 0. The average Bonchev–Trinajstić information content (AvgIpc) is 2.36. The van der Waals surface area contributed by atoms with Gasteiger partial charge in [0.15, 0.2) is 5.78 Å². The maximum atomic E-state index is 12.0. The van der Waals surface area contributed by atoms with E-state index in [-0.39, 0.29) is 30.1 Å². The number of ketones is 1. The van der Waals surface area contributed by atoms with Crippen LogP contribution in [0.4, 0.5) is 0 Å². The van der Waals surface area contributed by atoms with Crippen LogP contribution in [0.3, 0.4) is 0 Å². The molecular formula is C13H19ClN2O2. The molecular weight excluding hydrogens is 252 g/mol. The van der Waals surface area contributed by atoms with Gasteiger partial charge in [-0.25, -0.2) is 0 Å². The van der Waals surface area contributed by atoms with Gasteiger partial charge in [-0.2, -0.15) is 0 Å². The maximum absolute atomic E-state index is 12.0. The molecule has 4 nitrogen and oxygen atoms in total. The molecule has 1 amide bonds. The molecule has 100 valence electrons. The standard InChI is InChI=1S/C13H18N2O2.ClH/c1-9(8-14)15(3)13(17)12-6-4-11(5-7-12)10(2)16;/h4-7,9H,8,14H2,1-3H3;1H. The van der Waals surface area contributed by atoms with Crippen molar-refractivity contribution < 1.29 is 9.59 Å². The van der Waals surface area contributed by atoms with E-state index in [0.29, 0.717) is 17.7 Å². The van der Waals surface area contributed by atoms with Crippen LogP contribution in [0, 0.1) is 0 Å². The van der Waals surface area contributed by atoms with Gasteiger partial charge in [-0.05, 0) is 26.0 Å². The predicted molar refractivity (Wildman–Crippen MR) is 74.3 cm³/mol. The Morgan fingerprint density at radius 1 is 1.22 bits per heavy atom. The largest absolute Gasteiger partial charge is 0.338 e. The lowest BCUT2D eigenvalue weighted by molar-refractivity contribution is 0.0748. The van der Waals surface area contributed by atoms with Crippen molar-refractivity contribution in [2.75, 3.05) is 13.6 Å². The minimum atomic E-state index is -0.0851. The first-order chi connectivity index (χ1) is 7.97. The fourth-order valence-corrected chi connectivity index (χ4v) is 1.41. The fraction of sp³-hybridized carbons (Fsp3) is 0.385. The summed E-state index contributed by atoms with van der Waals surface area (Å²) in [7, 11) is 1.72. The molecule has 0 heterocycles. The van der Waals surface area contributed by atoms with Gasteiger partial charge in [-0.3, -0.25) is 9.59 Å². The number of halogens is 1. The highest BCUT2D eigenvalue weighted by atomic mass is 35.5. The number of hydrogen-bond donors (Lipinski definition) is 1. The van der Waals surface area contributed by atoms with E-state index >= 15 is 0 Å². The fourth-order valence-electron chi connectivity index (χ4n) is 1.41. The van der Waals surface area contributed by atoms with Gasteiger partial charge in [0, 0.05) is 30.8 Å². The molecule has 1 aromatic carbocycles. The molecule has 1 rings (SSSR count). The molecule has 0 fully saturated rings. The summed E-state index contributed by atoms with van der Waals surface area (Å²) in [6.07, 6.45) is 0. The molecule has 1 unspecified atom stereocenters. The number of likely N-dealkylation sites (N-methyl/N-ethyl adjacent to an activating group) is 1. The second-order valence-corrected chi connectivity index (χ2v) is 4.13. The smallest absolute Gasteiger partial charge is 0.253 e. The molecule has 5 heteroatoms. The normalized spacial score (nSPS) is 11.3. The summed E-state index contributed by atoms with van der Waals surface area (Å²) in [6, 6.07) is 6.65. The maximum Gasteiger partial charge on any atom is 0.253 e. The molecule has 0 saturated heterocycles. The Balaban J connectivity index is 0.00000289. The molecule has 1 atom stereocenters. The molecule has 0 aliphatic rings. The first-order valence-electron chi connectivity index (χ1n) is 5.55. The lowest BCUT2D eigenvalue weighted by atomic mass is 10.1. The number of rotatable bonds is 4. The Hall–Kier alpha value is -1.39. The highest BCUT2D eigenvalue weighted by Gasteiger charge is 2.16. The lowest BCUT2D eigenvalue weighted by Crippen LogP contribution is -2.39. The molecule has 0 aliphatic carbocycles. The van der Waals surface area contributed by atoms with Crippen LogP contribution in [0.15, 0.2) is 24.3 Å². The third-order valence-corrected chi connectivity index (χ3v) is 2.86. The predicted octanol–water partition coefficient (Wildman–Crippen LogP) is 1.73. The van der Waals surface area contributed by atoms with Crippen LogP contribution in [-0.4, -0.2) is 36.2 Å². The average molecular weight is 271 g/mol. The van der Waals surface area contributed by atoms with Gasteiger partial charge >= 0.3 is 0 Å². The van der Waals surface area contributed by atoms with Crippen LogP contribution in [0.25, 0.3) is 0 Å². The Bertz CT molecular complexity index is 418. The van der Waals surface area contributed by atoms with Gasteiger partial charge in [0.05, 0.1) is 0 Å². The molecule has 0 aliphatic heterocycles. The number of nitrogens with zero attached hydrogens (tertiary/aromatic N) is 1. The van der Waals surface area contributed by atoms with Crippen LogP contribution >= 0.6 is 12.4 Å². The number of hydrogen-bond acceptors (Lipinski definition) is 3. The van der Waals surface area contributed by atoms with Crippen molar-refractivity contribution in [1.82, 2.24) is 4.90 Å². The van der Waals surface area contributed by atoms with Crippen molar-refractivity contribution in [2.45, 2.75) is 19.9 Å². The molecule has 0 aromatic heterocycles. The minimum Gasteiger partial charge on any atom is -0.338 e. The van der Waals surface area contributed by atoms with Crippen LogP contribution in [-0.2, 0) is 0 Å². The molecule has 0 bridgehead atoms. The highest BCUT2D eigenvalue weighted by molar-refractivity contribution is 5.97. The number of Topliss-reactive ketones (excluding diaryl/α,β-unsaturated/α-hetero) is 1. The molecule has 0 saturated carbocycles. The highest BCUT2D eigenvalue weighted by Crippen LogP contribution is 2.09. The third-order valence-electron chi connectivity index (χ3n) is 2.86. The van der Waals surface area contributed by atoms with E-state index in [1.165, 1.54) is 6.92 Å². The zero-order chi connectivity index (χ0) is 13.0. The van der Waals surface area contributed by atoms with E-state index in [2.05, 4.69) is 0 Å². The lowest BCUT2D eigenvalue weighted by Gasteiger charge is -2.23. The molecule has 2 N–H and O–H groups in total. The van der Waals surface area contributed by atoms with Gasteiger partial charge in [0.1, 0.15) is 0 Å². The SMILES string of the molecule is CC(=O)c1ccc(C(=O)N(C)C(C)CN)cc1.Cl. The van der Waals surface area contributed by atoms with Crippen LogP contribution in [0.5, 0.6) is 0 Å². The molecule has 1 aromatic rings. The summed E-state index contributed by atoms with van der Waals surface area (Å²) < 4.78 is 0. The van der Waals surface area contributed by atoms with Crippen molar-refractivity contribution in [2.24, 2.45) is 5.73 Å². The second kappa shape index (κ2) is 7.13. The molecule has 0 radical (unpaired) electrons. The molecule has 18 heavy (non-hydrogen) atoms. The van der Waals surface area contributed by atoms with E-state index in [1.54, 1.807) is 36.2 Å². The van der Waals surface area contributed by atoms with Crippen LogP contribution in [0.1, 0.15) is 34.6 Å². The summed E-state index contributed by atoms with van der Waals surface area (Å²) in [5.41, 5.74) is 6.69. The summed E-state index contributed by atoms with van der Waals surface area (Å²) in [5.74, 6) is -0.0919. The van der Waals surface area contributed by atoms with Crippen molar-refractivity contribution in [3.8, 4) is 0 Å². The van der Waals surface area contributed by atoms with Crippen LogP contribution in [0.2, 0.25) is 0 Å². The first-order valence-corrected chi connectivity index (χ1v) is 5.55. The molecule has 0 spiro atoms. The van der Waals surface area contributed by atoms with E-state index in [9.17, 15) is 9.59 Å². The number of carbonyl (C=O) groups is 2. The van der Waals surface area contributed by atoms with Crippen LogP contribution < -0.4 is 5.73 Å².